The van der Waals surface area contributed by atoms with Crippen LogP contribution >= 0.6 is 0 Å². The van der Waals surface area contributed by atoms with E-state index in [-0.39, 0.29) is 5.69 Å². The standard InChI is InChI=1S/C12H10N4O3/c13-11(17)7-1-3-8(4-2-7)15-10-6-14-5-9(16-10)12(18)19/h1-6H,(H2,13,17)(H,15,16)(H,18,19). The fourth-order valence-corrected chi connectivity index (χ4v) is 1.39. The highest BCUT2D eigenvalue weighted by Crippen LogP contribution is 2.14. The van der Waals surface area contributed by atoms with Crippen LogP contribution in [0.5, 0.6) is 0 Å². The Hall–Kier alpha value is -2.96. The first-order chi connectivity index (χ1) is 9.06. The van der Waals surface area contributed by atoms with E-state index < -0.39 is 11.9 Å². The summed E-state index contributed by atoms with van der Waals surface area (Å²) in [7, 11) is 0. The van der Waals surface area contributed by atoms with Gasteiger partial charge in [-0.15, -0.1) is 0 Å². The average molecular weight is 258 g/mol. The minimum atomic E-state index is -1.15. The van der Waals surface area contributed by atoms with Crippen LogP contribution in [0.4, 0.5) is 11.5 Å². The zero-order valence-corrected chi connectivity index (χ0v) is 9.70. The molecule has 0 bridgehead atoms. The highest BCUT2D eigenvalue weighted by Gasteiger charge is 2.06. The van der Waals surface area contributed by atoms with Crippen LogP contribution in [-0.2, 0) is 0 Å². The average Bonchev–Trinajstić information content (AvgIpc) is 2.39. The number of rotatable bonds is 4. The molecule has 0 saturated heterocycles. The molecule has 7 heteroatoms. The van der Waals surface area contributed by atoms with E-state index in [2.05, 4.69) is 15.3 Å². The third-order valence-corrected chi connectivity index (χ3v) is 2.30. The Morgan fingerprint density at radius 1 is 1.16 bits per heavy atom. The van der Waals surface area contributed by atoms with Crippen molar-refractivity contribution in [1.29, 1.82) is 0 Å². The number of primary amides is 1. The molecule has 1 aromatic carbocycles. The zero-order valence-electron chi connectivity index (χ0n) is 9.70. The van der Waals surface area contributed by atoms with E-state index in [1.54, 1.807) is 24.3 Å². The van der Waals surface area contributed by atoms with E-state index in [0.29, 0.717) is 17.1 Å². The van der Waals surface area contributed by atoms with E-state index in [4.69, 9.17) is 10.8 Å². The lowest BCUT2D eigenvalue weighted by molar-refractivity contribution is 0.0690. The van der Waals surface area contributed by atoms with Crippen molar-refractivity contribution in [2.75, 3.05) is 5.32 Å². The van der Waals surface area contributed by atoms with Crippen molar-refractivity contribution in [1.82, 2.24) is 9.97 Å². The van der Waals surface area contributed by atoms with E-state index in [9.17, 15) is 9.59 Å². The zero-order chi connectivity index (χ0) is 13.8. The van der Waals surface area contributed by atoms with Gasteiger partial charge in [-0.1, -0.05) is 0 Å². The summed E-state index contributed by atoms with van der Waals surface area (Å²) in [6.07, 6.45) is 2.55. The van der Waals surface area contributed by atoms with Crippen LogP contribution in [0.15, 0.2) is 36.7 Å². The minimum absolute atomic E-state index is 0.154. The molecule has 0 atom stereocenters. The summed E-state index contributed by atoms with van der Waals surface area (Å²) in [5.74, 6) is -1.37. The summed E-state index contributed by atoms with van der Waals surface area (Å²) >= 11 is 0. The van der Waals surface area contributed by atoms with Gasteiger partial charge in [-0.25, -0.2) is 9.78 Å². The molecule has 0 aliphatic carbocycles. The number of nitrogens with one attached hydrogen (secondary N) is 1. The van der Waals surface area contributed by atoms with Crippen molar-refractivity contribution in [3.05, 3.63) is 47.9 Å². The van der Waals surface area contributed by atoms with Gasteiger partial charge in [0.25, 0.3) is 0 Å². The van der Waals surface area contributed by atoms with Crippen LogP contribution in [-0.4, -0.2) is 27.0 Å². The topological polar surface area (TPSA) is 118 Å². The molecule has 19 heavy (non-hydrogen) atoms. The van der Waals surface area contributed by atoms with Gasteiger partial charge >= 0.3 is 5.97 Å². The lowest BCUT2D eigenvalue weighted by Crippen LogP contribution is -2.10. The van der Waals surface area contributed by atoms with Crippen molar-refractivity contribution in [2.45, 2.75) is 0 Å². The number of carbonyl (C=O) groups is 2. The smallest absolute Gasteiger partial charge is 0.356 e. The number of hydrogen-bond donors (Lipinski definition) is 3. The molecule has 1 aromatic heterocycles. The van der Waals surface area contributed by atoms with E-state index in [1.807, 2.05) is 0 Å². The lowest BCUT2D eigenvalue weighted by Gasteiger charge is -2.06. The Balaban J connectivity index is 2.19. The molecule has 0 spiro atoms. The maximum atomic E-state index is 10.9. The van der Waals surface area contributed by atoms with Gasteiger partial charge in [-0.05, 0) is 24.3 Å². The van der Waals surface area contributed by atoms with Crippen molar-refractivity contribution < 1.29 is 14.7 Å². The summed E-state index contributed by atoms with van der Waals surface area (Å²) < 4.78 is 0. The summed E-state index contributed by atoms with van der Waals surface area (Å²) in [4.78, 5) is 29.3. The molecular weight excluding hydrogens is 248 g/mol. The molecule has 2 aromatic rings. The molecule has 2 rings (SSSR count). The fraction of sp³-hybridized carbons (Fsp3) is 0. The molecule has 7 nitrogen and oxygen atoms in total. The van der Waals surface area contributed by atoms with Crippen LogP contribution in [0.25, 0.3) is 0 Å². The van der Waals surface area contributed by atoms with E-state index in [0.717, 1.165) is 6.20 Å². The van der Waals surface area contributed by atoms with Crippen LogP contribution in [0.1, 0.15) is 20.8 Å². The van der Waals surface area contributed by atoms with Crippen molar-refractivity contribution in [3.8, 4) is 0 Å². The predicted octanol–water partition coefficient (Wildman–Crippen LogP) is 1.02. The van der Waals surface area contributed by atoms with Gasteiger partial charge in [0.2, 0.25) is 5.91 Å². The van der Waals surface area contributed by atoms with Crippen LogP contribution in [0, 0.1) is 0 Å². The number of nitrogens with zero attached hydrogens (tertiary/aromatic N) is 2. The first-order valence-corrected chi connectivity index (χ1v) is 5.28. The first-order valence-electron chi connectivity index (χ1n) is 5.28. The Morgan fingerprint density at radius 3 is 2.42 bits per heavy atom. The lowest BCUT2D eigenvalue weighted by atomic mass is 10.2. The quantitative estimate of drug-likeness (QED) is 0.753. The third kappa shape index (κ3) is 3.03. The second-order valence-electron chi connectivity index (χ2n) is 3.66. The Labute approximate surface area is 108 Å². The van der Waals surface area contributed by atoms with Crippen LogP contribution in [0.3, 0.4) is 0 Å². The molecule has 0 aliphatic rings. The largest absolute Gasteiger partial charge is 0.476 e. The molecule has 4 N–H and O–H groups in total. The van der Waals surface area contributed by atoms with Gasteiger partial charge < -0.3 is 16.2 Å². The normalized spacial score (nSPS) is 9.89. The molecule has 1 heterocycles. The summed E-state index contributed by atoms with van der Waals surface area (Å²) in [6, 6.07) is 6.38. The summed E-state index contributed by atoms with van der Waals surface area (Å²) in [5, 5.41) is 11.7. The number of carboxylic acid groups (broad SMARTS) is 1. The van der Waals surface area contributed by atoms with Gasteiger partial charge in [0, 0.05) is 11.3 Å². The molecule has 0 fully saturated rings. The monoisotopic (exact) mass is 258 g/mol. The SMILES string of the molecule is NC(=O)c1ccc(Nc2cncc(C(=O)O)n2)cc1. The number of carboxylic acids is 1. The van der Waals surface area contributed by atoms with Gasteiger partial charge in [0.05, 0.1) is 12.4 Å². The number of anilines is 2. The second-order valence-corrected chi connectivity index (χ2v) is 3.66. The maximum Gasteiger partial charge on any atom is 0.356 e. The summed E-state index contributed by atoms with van der Waals surface area (Å²) in [6.45, 7) is 0. The number of aromatic nitrogens is 2. The van der Waals surface area contributed by atoms with Gasteiger partial charge in [0.15, 0.2) is 5.69 Å². The molecular formula is C12H10N4O3. The number of amides is 1. The van der Waals surface area contributed by atoms with E-state index >= 15 is 0 Å². The predicted molar refractivity (Wildman–Crippen MR) is 67.2 cm³/mol. The van der Waals surface area contributed by atoms with Crippen molar-refractivity contribution >= 4 is 23.4 Å². The van der Waals surface area contributed by atoms with Gasteiger partial charge in [0.1, 0.15) is 5.82 Å². The second kappa shape index (κ2) is 5.13. The Kier molecular flexibility index (Phi) is 3.37. The number of hydrogen-bond acceptors (Lipinski definition) is 5. The molecule has 0 saturated carbocycles. The van der Waals surface area contributed by atoms with Gasteiger partial charge in [-0.2, -0.15) is 0 Å². The molecule has 0 aliphatic heterocycles. The Bertz CT molecular complexity index is 625. The number of nitrogens with two attached hydrogens (primary N) is 1. The first kappa shape index (κ1) is 12.5. The highest BCUT2D eigenvalue weighted by atomic mass is 16.4. The third-order valence-electron chi connectivity index (χ3n) is 2.30. The van der Waals surface area contributed by atoms with Crippen molar-refractivity contribution in [2.24, 2.45) is 5.73 Å². The highest BCUT2D eigenvalue weighted by molar-refractivity contribution is 5.93. The van der Waals surface area contributed by atoms with Crippen LogP contribution in [0.2, 0.25) is 0 Å². The molecule has 0 radical (unpaired) electrons. The molecule has 1 amide bonds. The van der Waals surface area contributed by atoms with E-state index in [1.165, 1.54) is 6.20 Å². The molecule has 0 unspecified atom stereocenters. The van der Waals surface area contributed by atoms with Crippen LogP contribution < -0.4 is 11.1 Å². The number of carbonyl (C=O) groups excluding carboxylic acids is 1. The van der Waals surface area contributed by atoms with Crippen molar-refractivity contribution in [3.63, 3.8) is 0 Å². The fourth-order valence-electron chi connectivity index (χ4n) is 1.39. The van der Waals surface area contributed by atoms with Gasteiger partial charge in [-0.3, -0.25) is 9.78 Å². The maximum absolute atomic E-state index is 10.9. The Morgan fingerprint density at radius 2 is 1.84 bits per heavy atom. The minimum Gasteiger partial charge on any atom is -0.476 e. The molecule has 96 valence electrons. The number of benzene rings is 1. The summed E-state index contributed by atoms with van der Waals surface area (Å²) in [5.41, 5.74) is 5.99. The number of aromatic carboxylic acids is 1.